The molecule has 2 amide bonds. The summed E-state index contributed by atoms with van der Waals surface area (Å²) in [6.07, 6.45) is 0. The Morgan fingerprint density at radius 1 is 1.24 bits per heavy atom. The van der Waals surface area contributed by atoms with Gasteiger partial charge in [-0.15, -0.1) is 0 Å². The number of aryl methyl sites for hydroxylation is 1. The molecule has 0 atom stereocenters. The largest absolute Gasteiger partial charge is 0.506 e. The van der Waals surface area contributed by atoms with Crippen molar-refractivity contribution in [1.82, 2.24) is 5.01 Å². The number of anilines is 1. The first-order chi connectivity index (χ1) is 11.7. The molecule has 0 aliphatic heterocycles. The molecule has 0 aliphatic carbocycles. The van der Waals surface area contributed by atoms with Gasteiger partial charge in [0.1, 0.15) is 18.1 Å². The summed E-state index contributed by atoms with van der Waals surface area (Å²) >= 11 is 11.9. The first-order valence-corrected chi connectivity index (χ1v) is 7.94. The molecule has 0 radical (unpaired) electrons. The molecule has 0 saturated heterocycles. The average Bonchev–Trinajstić information content (AvgIpc) is 2.56. The number of halogens is 2. The van der Waals surface area contributed by atoms with Gasteiger partial charge in [-0.25, -0.2) is 21.5 Å². The number of carbonyl (C=O) groups is 1. The number of benzene rings is 2. The molecular weight excluding hydrogens is 367 g/mol. The van der Waals surface area contributed by atoms with Crippen molar-refractivity contribution in [3.63, 3.8) is 0 Å². The molecule has 0 bridgehead atoms. The van der Waals surface area contributed by atoms with Gasteiger partial charge < -0.3 is 9.84 Å². The molecule has 134 valence electrons. The number of carbonyl (C=O) groups excluding carboxylic acids is 1. The van der Waals surface area contributed by atoms with Gasteiger partial charge in [0.2, 0.25) is 0 Å². The Bertz CT molecular complexity index is 799. The number of ether oxygens (including phenoxy) is 1. The van der Waals surface area contributed by atoms with E-state index in [-0.39, 0.29) is 22.4 Å². The zero-order valence-electron chi connectivity index (χ0n) is 13.7. The van der Waals surface area contributed by atoms with Crippen LogP contribution in [0.15, 0.2) is 30.3 Å². The third kappa shape index (κ3) is 4.26. The van der Waals surface area contributed by atoms with Gasteiger partial charge in [-0.1, -0.05) is 35.3 Å². The lowest BCUT2D eigenvalue weighted by molar-refractivity contribution is 0.216. The van der Waals surface area contributed by atoms with E-state index in [1.165, 1.54) is 19.2 Å². The summed E-state index contributed by atoms with van der Waals surface area (Å²) < 4.78 is 5.70. The normalized spacial score (nSPS) is 10.5. The molecule has 0 aliphatic rings. The number of phenols is 1. The van der Waals surface area contributed by atoms with Gasteiger partial charge in [-0.3, -0.25) is 5.01 Å². The van der Waals surface area contributed by atoms with Gasteiger partial charge in [-0.05, 0) is 18.6 Å². The van der Waals surface area contributed by atoms with E-state index in [0.717, 1.165) is 15.6 Å². The lowest BCUT2D eigenvalue weighted by Gasteiger charge is -2.24. The van der Waals surface area contributed by atoms with Crippen molar-refractivity contribution in [2.24, 2.45) is 11.7 Å². The van der Waals surface area contributed by atoms with Crippen LogP contribution < -0.4 is 21.4 Å². The Kier molecular flexibility index (Phi) is 5.97. The van der Waals surface area contributed by atoms with Crippen LogP contribution in [-0.2, 0) is 6.61 Å². The smallest absolute Gasteiger partial charge is 0.352 e. The molecular formula is C16H18Cl2N4O3. The minimum absolute atomic E-state index is 0.0814. The summed E-state index contributed by atoms with van der Waals surface area (Å²) in [6.45, 7) is 1.94. The third-order valence-electron chi connectivity index (χ3n) is 3.53. The standard InChI is InChI=1S/C16H18Cl2N4O3/c1-9-4-3-5-13(22(20)16(24)21(2)19)10(9)8-25-15-7-11(17)14(23)6-12(15)18/h3-7,23H,8,19-20H2,1-2H3. The van der Waals surface area contributed by atoms with Crippen molar-refractivity contribution in [3.8, 4) is 11.5 Å². The van der Waals surface area contributed by atoms with E-state index in [1.54, 1.807) is 12.1 Å². The van der Waals surface area contributed by atoms with E-state index in [2.05, 4.69) is 0 Å². The van der Waals surface area contributed by atoms with Crippen molar-refractivity contribution in [2.45, 2.75) is 13.5 Å². The van der Waals surface area contributed by atoms with Crippen LogP contribution in [0.25, 0.3) is 0 Å². The highest BCUT2D eigenvalue weighted by atomic mass is 35.5. The quantitative estimate of drug-likeness (QED) is 0.426. The maximum atomic E-state index is 12.0. The number of hydrogen-bond acceptors (Lipinski definition) is 5. The minimum atomic E-state index is -0.586. The SMILES string of the molecule is Cc1cccc(N(N)C(=O)N(C)N)c1COc1cc(Cl)c(O)cc1Cl. The first kappa shape index (κ1) is 19.1. The first-order valence-electron chi connectivity index (χ1n) is 7.19. The molecule has 0 heterocycles. The molecule has 0 spiro atoms. The highest BCUT2D eigenvalue weighted by molar-refractivity contribution is 6.35. The zero-order valence-corrected chi connectivity index (χ0v) is 15.2. The summed E-state index contributed by atoms with van der Waals surface area (Å²) in [5.41, 5.74) is 1.99. The van der Waals surface area contributed by atoms with Crippen molar-refractivity contribution < 1.29 is 14.6 Å². The summed E-state index contributed by atoms with van der Waals surface area (Å²) in [4.78, 5) is 12.0. The van der Waals surface area contributed by atoms with Crippen LogP contribution in [0.2, 0.25) is 10.0 Å². The summed E-state index contributed by atoms with van der Waals surface area (Å²) in [5.74, 6) is 11.5. The number of hydrazine groups is 2. The Balaban J connectivity index is 2.31. The predicted molar refractivity (Wildman–Crippen MR) is 97.7 cm³/mol. The minimum Gasteiger partial charge on any atom is -0.506 e. The molecule has 0 saturated carbocycles. The number of urea groups is 1. The second-order valence-corrected chi connectivity index (χ2v) is 6.17. The summed E-state index contributed by atoms with van der Waals surface area (Å²) in [7, 11) is 1.40. The molecule has 2 aromatic carbocycles. The number of nitrogens with zero attached hydrogens (tertiary/aromatic N) is 2. The number of amides is 2. The molecule has 5 N–H and O–H groups in total. The fourth-order valence-electron chi connectivity index (χ4n) is 2.15. The van der Waals surface area contributed by atoms with Crippen LogP contribution in [0, 0.1) is 6.92 Å². The average molecular weight is 385 g/mol. The Labute approximate surface area is 155 Å². The number of aromatic hydroxyl groups is 1. The van der Waals surface area contributed by atoms with Crippen molar-refractivity contribution in [1.29, 1.82) is 0 Å². The van der Waals surface area contributed by atoms with Crippen molar-refractivity contribution in [3.05, 3.63) is 51.5 Å². The van der Waals surface area contributed by atoms with Gasteiger partial charge in [0.05, 0.1) is 15.7 Å². The van der Waals surface area contributed by atoms with E-state index >= 15 is 0 Å². The van der Waals surface area contributed by atoms with Gasteiger partial charge in [0.25, 0.3) is 0 Å². The van der Waals surface area contributed by atoms with Crippen LogP contribution in [0.5, 0.6) is 11.5 Å². The Hall–Kier alpha value is -2.19. The Morgan fingerprint density at radius 3 is 2.56 bits per heavy atom. The van der Waals surface area contributed by atoms with Crippen LogP contribution in [0.1, 0.15) is 11.1 Å². The summed E-state index contributed by atoms with van der Waals surface area (Å²) in [5, 5.41) is 11.7. The number of hydrogen-bond donors (Lipinski definition) is 3. The monoisotopic (exact) mass is 384 g/mol. The van der Waals surface area contributed by atoms with Gasteiger partial charge in [0.15, 0.2) is 0 Å². The third-order valence-corrected chi connectivity index (χ3v) is 4.12. The van der Waals surface area contributed by atoms with Crippen LogP contribution in [-0.4, -0.2) is 23.2 Å². The number of nitrogens with two attached hydrogens (primary N) is 2. The lowest BCUT2D eigenvalue weighted by atomic mass is 10.1. The predicted octanol–water partition coefficient (Wildman–Crippen LogP) is 3.19. The highest BCUT2D eigenvalue weighted by Crippen LogP contribution is 2.36. The summed E-state index contributed by atoms with van der Waals surface area (Å²) in [6, 6.07) is 7.42. The van der Waals surface area contributed by atoms with Crippen LogP contribution in [0.3, 0.4) is 0 Å². The van der Waals surface area contributed by atoms with E-state index < -0.39 is 6.03 Å². The molecule has 0 fully saturated rings. The highest BCUT2D eigenvalue weighted by Gasteiger charge is 2.19. The maximum absolute atomic E-state index is 12.0. The lowest BCUT2D eigenvalue weighted by Crippen LogP contribution is -2.49. The van der Waals surface area contributed by atoms with Crippen LogP contribution in [0.4, 0.5) is 10.5 Å². The van der Waals surface area contributed by atoms with E-state index in [0.29, 0.717) is 17.0 Å². The topological polar surface area (TPSA) is 105 Å². The maximum Gasteiger partial charge on any atom is 0.352 e. The second-order valence-electron chi connectivity index (χ2n) is 5.36. The van der Waals surface area contributed by atoms with E-state index in [9.17, 15) is 9.90 Å². The number of phenolic OH excluding ortho intramolecular Hbond substituents is 1. The van der Waals surface area contributed by atoms with E-state index in [4.69, 9.17) is 39.6 Å². The fraction of sp³-hybridized carbons (Fsp3) is 0.188. The van der Waals surface area contributed by atoms with Crippen molar-refractivity contribution >= 4 is 34.9 Å². The Morgan fingerprint density at radius 2 is 1.92 bits per heavy atom. The fourth-order valence-corrected chi connectivity index (χ4v) is 2.52. The van der Waals surface area contributed by atoms with Gasteiger partial charge >= 0.3 is 6.03 Å². The zero-order chi connectivity index (χ0) is 18.7. The molecule has 25 heavy (non-hydrogen) atoms. The molecule has 0 aromatic heterocycles. The van der Waals surface area contributed by atoms with Gasteiger partial charge in [0, 0.05) is 24.7 Å². The number of rotatable bonds is 4. The van der Waals surface area contributed by atoms with Crippen molar-refractivity contribution in [2.75, 3.05) is 12.1 Å². The molecule has 2 aromatic rings. The van der Waals surface area contributed by atoms with Crippen LogP contribution >= 0.6 is 23.2 Å². The molecule has 7 nitrogen and oxygen atoms in total. The van der Waals surface area contributed by atoms with E-state index in [1.807, 2.05) is 13.0 Å². The molecule has 0 unspecified atom stereocenters. The molecule has 2 rings (SSSR count). The second kappa shape index (κ2) is 7.79. The van der Waals surface area contributed by atoms with Gasteiger partial charge in [-0.2, -0.15) is 0 Å². The molecule has 9 heteroatoms.